The molecule has 0 aliphatic heterocycles. The third-order valence-electron chi connectivity index (χ3n) is 3.01. The molecule has 0 fully saturated rings. The minimum absolute atomic E-state index is 0.0817. The van der Waals surface area contributed by atoms with Gasteiger partial charge in [-0.05, 0) is 32.0 Å². The van der Waals surface area contributed by atoms with Gasteiger partial charge >= 0.3 is 0 Å². The lowest BCUT2D eigenvalue weighted by molar-refractivity contribution is -0.118. The number of hydrogen-bond acceptors (Lipinski definition) is 2. The van der Waals surface area contributed by atoms with Gasteiger partial charge < -0.3 is 10.3 Å². The van der Waals surface area contributed by atoms with E-state index in [0.29, 0.717) is 11.9 Å². The van der Waals surface area contributed by atoms with E-state index in [2.05, 4.69) is 10.3 Å². The summed E-state index contributed by atoms with van der Waals surface area (Å²) in [6, 6.07) is 4.73. The number of hydrogen-bond donors (Lipinski definition) is 2. The van der Waals surface area contributed by atoms with Crippen LogP contribution in [0.2, 0.25) is 0 Å². The van der Waals surface area contributed by atoms with Crippen LogP contribution in [0.15, 0.2) is 24.4 Å². The quantitative estimate of drug-likeness (QED) is 0.850. The fourth-order valence-electron chi connectivity index (χ4n) is 2.01. The number of fused-ring (bicyclic) bond motifs is 1. The summed E-state index contributed by atoms with van der Waals surface area (Å²) in [7, 11) is 1.75. The van der Waals surface area contributed by atoms with Crippen LogP contribution in [0.5, 0.6) is 0 Å². The van der Waals surface area contributed by atoms with Gasteiger partial charge in [-0.3, -0.25) is 4.79 Å². The van der Waals surface area contributed by atoms with E-state index in [1.54, 1.807) is 26.2 Å². The number of rotatable bonds is 4. The number of carbonyl (C=O) groups is 1. The van der Waals surface area contributed by atoms with Crippen LogP contribution in [0.25, 0.3) is 10.9 Å². The zero-order valence-electron chi connectivity index (χ0n) is 9.88. The normalized spacial score (nSPS) is 12.9. The van der Waals surface area contributed by atoms with E-state index in [0.717, 1.165) is 10.9 Å². The van der Waals surface area contributed by atoms with E-state index in [-0.39, 0.29) is 17.6 Å². The smallest absolute Gasteiger partial charge is 0.147 e. The summed E-state index contributed by atoms with van der Waals surface area (Å²) in [5, 5.41) is 3.80. The van der Waals surface area contributed by atoms with E-state index in [1.165, 1.54) is 6.07 Å². The Morgan fingerprint density at radius 3 is 2.94 bits per heavy atom. The molecule has 0 spiro atoms. The second-order valence-corrected chi connectivity index (χ2v) is 4.13. The molecule has 90 valence electrons. The lowest BCUT2D eigenvalue weighted by atomic mass is 10.0. The number of ketones is 1. The Hall–Kier alpha value is -1.68. The summed E-state index contributed by atoms with van der Waals surface area (Å²) < 4.78 is 13.5. The maximum Gasteiger partial charge on any atom is 0.147 e. The van der Waals surface area contributed by atoms with Gasteiger partial charge in [0.05, 0.1) is 11.6 Å². The standard InChI is InChI=1S/C13H15FN2O/c1-8(17)12(15-2)6-9-7-16-13-10(9)4-3-5-11(13)14/h3-5,7,12,15-16H,6H2,1-2H3/t12-/m0/s1. The van der Waals surface area contributed by atoms with Gasteiger partial charge in [-0.15, -0.1) is 0 Å². The first kappa shape index (κ1) is 11.8. The Morgan fingerprint density at radius 1 is 1.53 bits per heavy atom. The van der Waals surface area contributed by atoms with Crippen molar-refractivity contribution >= 4 is 16.7 Å². The van der Waals surface area contributed by atoms with Crippen molar-refractivity contribution in [3.63, 3.8) is 0 Å². The molecule has 0 bridgehead atoms. The number of halogens is 1. The molecule has 0 radical (unpaired) electrons. The predicted molar refractivity (Wildman–Crippen MR) is 65.5 cm³/mol. The van der Waals surface area contributed by atoms with Crippen molar-refractivity contribution in [1.29, 1.82) is 0 Å². The van der Waals surface area contributed by atoms with Crippen LogP contribution in [-0.2, 0) is 11.2 Å². The monoisotopic (exact) mass is 234 g/mol. The minimum Gasteiger partial charge on any atom is -0.359 e. The van der Waals surface area contributed by atoms with Gasteiger partial charge in [-0.25, -0.2) is 4.39 Å². The molecule has 1 aromatic heterocycles. The summed E-state index contributed by atoms with van der Waals surface area (Å²) in [6.45, 7) is 1.55. The summed E-state index contributed by atoms with van der Waals surface area (Å²) >= 11 is 0. The zero-order valence-corrected chi connectivity index (χ0v) is 9.88. The second-order valence-electron chi connectivity index (χ2n) is 4.13. The van der Waals surface area contributed by atoms with Crippen LogP contribution in [0.3, 0.4) is 0 Å². The Morgan fingerprint density at radius 2 is 2.29 bits per heavy atom. The maximum absolute atomic E-state index is 13.5. The lowest BCUT2D eigenvalue weighted by Crippen LogP contribution is -2.34. The molecule has 0 saturated carbocycles. The molecule has 2 aromatic rings. The molecule has 0 amide bonds. The van der Waals surface area contributed by atoms with Crippen molar-refractivity contribution < 1.29 is 9.18 Å². The Balaban J connectivity index is 2.37. The van der Waals surface area contributed by atoms with Gasteiger partial charge in [-0.1, -0.05) is 12.1 Å². The van der Waals surface area contributed by atoms with Gasteiger partial charge in [-0.2, -0.15) is 0 Å². The topological polar surface area (TPSA) is 44.9 Å². The summed E-state index contributed by atoms with van der Waals surface area (Å²) in [5.41, 5.74) is 1.45. The summed E-state index contributed by atoms with van der Waals surface area (Å²) in [6.07, 6.45) is 2.33. The first-order valence-corrected chi connectivity index (χ1v) is 5.55. The fourth-order valence-corrected chi connectivity index (χ4v) is 2.01. The molecule has 2 rings (SSSR count). The number of H-pyrrole nitrogens is 1. The lowest BCUT2D eigenvalue weighted by Gasteiger charge is -2.11. The molecular formula is C13H15FN2O. The van der Waals surface area contributed by atoms with E-state index in [1.807, 2.05) is 6.07 Å². The van der Waals surface area contributed by atoms with Crippen LogP contribution in [0.1, 0.15) is 12.5 Å². The molecule has 0 saturated heterocycles. The van der Waals surface area contributed by atoms with Crippen LogP contribution >= 0.6 is 0 Å². The average Bonchev–Trinajstić information content (AvgIpc) is 2.70. The zero-order chi connectivity index (χ0) is 12.4. The number of carbonyl (C=O) groups excluding carboxylic acids is 1. The first-order valence-electron chi connectivity index (χ1n) is 5.55. The predicted octanol–water partition coefficient (Wildman–Crippen LogP) is 2.03. The molecule has 1 heterocycles. The number of aromatic amines is 1. The SMILES string of the molecule is CN[C@@H](Cc1c[nH]c2c(F)cccc12)C(C)=O. The van der Waals surface area contributed by atoms with Crippen LogP contribution in [0, 0.1) is 5.82 Å². The highest BCUT2D eigenvalue weighted by Gasteiger charge is 2.15. The molecule has 0 aliphatic carbocycles. The molecule has 3 nitrogen and oxygen atoms in total. The largest absolute Gasteiger partial charge is 0.359 e. The van der Waals surface area contributed by atoms with Crippen LogP contribution in [0.4, 0.5) is 4.39 Å². The highest BCUT2D eigenvalue weighted by Crippen LogP contribution is 2.21. The molecule has 0 unspecified atom stereocenters. The maximum atomic E-state index is 13.5. The van der Waals surface area contributed by atoms with Crippen molar-refractivity contribution in [1.82, 2.24) is 10.3 Å². The third-order valence-corrected chi connectivity index (χ3v) is 3.01. The van der Waals surface area contributed by atoms with Gasteiger partial charge in [0.25, 0.3) is 0 Å². The number of nitrogens with one attached hydrogen (secondary N) is 2. The van der Waals surface area contributed by atoms with E-state index >= 15 is 0 Å². The number of para-hydroxylation sites is 1. The van der Waals surface area contributed by atoms with Gasteiger partial charge in [0.1, 0.15) is 11.6 Å². The van der Waals surface area contributed by atoms with Crippen LogP contribution in [-0.4, -0.2) is 23.9 Å². The second kappa shape index (κ2) is 4.67. The number of benzene rings is 1. The van der Waals surface area contributed by atoms with Gasteiger partial charge in [0, 0.05) is 11.6 Å². The third kappa shape index (κ3) is 2.22. The Kier molecular flexibility index (Phi) is 3.24. The van der Waals surface area contributed by atoms with Crippen molar-refractivity contribution in [3.8, 4) is 0 Å². The van der Waals surface area contributed by atoms with Gasteiger partial charge in [0.15, 0.2) is 0 Å². The van der Waals surface area contributed by atoms with Crippen molar-refractivity contribution in [3.05, 3.63) is 35.8 Å². The first-order chi connectivity index (χ1) is 8.13. The van der Waals surface area contributed by atoms with E-state index in [9.17, 15) is 9.18 Å². The molecular weight excluding hydrogens is 219 g/mol. The Bertz CT molecular complexity index is 547. The highest BCUT2D eigenvalue weighted by molar-refractivity contribution is 5.86. The van der Waals surface area contributed by atoms with Crippen molar-refractivity contribution in [2.75, 3.05) is 7.05 Å². The van der Waals surface area contributed by atoms with Crippen molar-refractivity contribution in [2.45, 2.75) is 19.4 Å². The molecule has 4 heteroatoms. The van der Waals surface area contributed by atoms with E-state index in [4.69, 9.17) is 0 Å². The summed E-state index contributed by atoms with van der Waals surface area (Å²) in [5.74, 6) is -0.184. The molecule has 1 aromatic carbocycles. The molecule has 2 N–H and O–H groups in total. The van der Waals surface area contributed by atoms with Gasteiger partial charge in [0.2, 0.25) is 0 Å². The fraction of sp³-hybridized carbons (Fsp3) is 0.308. The van der Waals surface area contributed by atoms with E-state index < -0.39 is 0 Å². The molecule has 0 aliphatic rings. The van der Waals surface area contributed by atoms with Crippen LogP contribution < -0.4 is 5.32 Å². The molecule has 17 heavy (non-hydrogen) atoms. The van der Waals surface area contributed by atoms with Crippen molar-refractivity contribution in [2.24, 2.45) is 0 Å². The minimum atomic E-state index is -0.266. The number of aromatic nitrogens is 1. The summed E-state index contributed by atoms with van der Waals surface area (Å²) in [4.78, 5) is 14.3. The Labute approximate surface area is 99.0 Å². The average molecular weight is 234 g/mol. The number of Topliss-reactive ketones (excluding diaryl/α,β-unsaturated/α-hetero) is 1. The highest BCUT2D eigenvalue weighted by atomic mass is 19.1. The molecule has 1 atom stereocenters. The number of likely N-dealkylation sites (N-methyl/N-ethyl adjacent to an activating group) is 1.